The van der Waals surface area contributed by atoms with E-state index in [-0.39, 0.29) is 17.4 Å². The SMILES string of the molecule is Cc1ccc(-c2cc(C(C)CO)nn2-c2ccc(S(N)(=O)=O)cc2)cc1. The Hall–Kier alpha value is -2.48. The Balaban J connectivity index is 2.13. The van der Waals surface area contributed by atoms with Crippen LogP contribution >= 0.6 is 0 Å². The second kappa shape index (κ2) is 7.03. The van der Waals surface area contributed by atoms with Crippen molar-refractivity contribution in [2.24, 2.45) is 5.14 Å². The molecule has 7 heteroatoms. The average Bonchev–Trinajstić information content (AvgIpc) is 3.06. The molecule has 26 heavy (non-hydrogen) atoms. The van der Waals surface area contributed by atoms with Gasteiger partial charge in [-0.25, -0.2) is 18.2 Å². The fraction of sp³-hybridized carbons (Fsp3) is 0.211. The molecule has 0 saturated heterocycles. The third-order valence-corrected chi connectivity index (χ3v) is 5.19. The highest BCUT2D eigenvalue weighted by molar-refractivity contribution is 7.89. The first-order valence-corrected chi connectivity index (χ1v) is 9.75. The van der Waals surface area contributed by atoms with Crippen LogP contribution in [0.5, 0.6) is 0 Å². The van der Waals surface area contributed by atoms with E-state index in [1.54, 1.807) is 16.8 Å². The molecule has 0 radical (unpaired) electrons. The summed E-state index contributed by atoms with van der Waals surface area (Å²) in [5, 5.41) is 19.2. The number of hydrogen-bond acceptors (Lipinski definition) is 4. The number of hydrogen-bond donors (Lipinski definition) is 2. The van der Waals surface area contributed by atoms with Gasteiger partial charge in [-0.05, 0) is 37.3 Å². The molecule has 2 aromatic carbocycles. The molecule has 3 rings (SSSR count). The van der Waals surface area contributed by atoms with Crippen LogP contribution in [0.15, 0.2) is 59.5 Å². The van der Waals surface area contributed by atoms with E-state index < -0.39 is 10.0 Å². The lowest BCUT2D eigenvalue weighted by Gasteiger charge is -2.09. The molecule has 1 aromatic heterocycles. The minimum atomic E-state index is -3.74. The van der Waals surface area contributed by atoms with Crippen molar-refractivity contribution < 1.29 is 13.5 Å². The Morgan fingerprint density at radius 1 is 1.12 bits per heavy atom. The zero-order valence-electron chi connectivity index (χ0n) is 14.6. The molecule has 1 atom stereocenters. The number of aromatic nitrogens is 2. The molecule has 0 fully saturated rings. The number of nitrogens with zero attached hydrogens (tertiary/aromatic N) is 2. The summed E-state index contributed by atoms with van der Waals surface area (Å²) in [6, 6.07) is 16.2. The van der Waals surface area contributed by atoms with Crippen LogP contribution < -0.4 is 5.14 Å². The molecule has 0 aliphatic carbocycles. The van der Waals surface area contributed by atoms with Gasteiger partial charge < -0.3 is 5.11 Å². The van der Waals surface area contributed by atoms with Crippen LogP contribution in [0.1, 0.15) is 24.1 Å². The zero-order chi connectivity index (χ0) is 18.9. The van der Waals surface area contributed by atoms with Crippen molar-refractivity contribution in [1.29, 1.82) is 0 Å². The van der Waals surface area contributed by atoms with Crippen molar-refractivity contribution in [2.75, 3.05) is 6.61 Å². The molecule has 136 valence electrons. The smallest absolute Gasteiger partial charge is 0.238 e. The van der Waals surface area contributed by atoms with E-state index in [1.165, 1.54) is 12.1 Å². The first-order chi connectivity index (χ1) is 12.3. The fourth-order valence-corrected chi connectivity index (χ4v) is 3.15. The molecule has 0 aliphatic heterocycles. The maximum Gasteiger partial charge on any atom is 0.238 e. The molecule has 0 amide bonds. The molecule has 1 unspecified atom stereocenters. The summed E-state index contributed by atoms with van der Waals surface area (Å²) in [5.41, 5.74) is 4.47. The summed E-state index contributed by atoms with van der Waals surface area (Å²) in [5.74, 6) is -0.107. The number of aryl methyl sites for hydroxylation is 1. The number of aliphatic hydroxyl groups is 1. The second-order valence-corrected chi connectivity index (χ2v) is 7.92. The van der Waals surface area contributed by atoms with E-state index >= 15 is 0 Å². The quantitative estimate of drug-likeness (QED) is 0.720. The summed E-state index contributed by atoms with van der Waals surface area (Å²) in [6.07, 6.45) is 0. The van der Waals surface area contributed by atoms with E-state index in [0.29, 0.717) is 5.69 Å². The summed E-state index contributed by atoms with van der Waals surface area (Å²) in [7, 11) is -3.74. The molecular formula is C19H21N3O3S. The maximum atomic E-state index is 11.5. The maximum absolute atomic E-state index is 11.5. The number of nitrogens with two attached hydrogens (primary N) is 1. The topological polar surface area (TPSA) is 98.2 Å². The van der Waals surface area contributed by atoms with Gasteiger partial charge in [0.05, 0.1) is 28.6 Å². The Morgan fingerprint density at radius 2 is 1.73 bits per heavy atom. The van der Waals surface area contributed by atoms with Gasteiger partial charge in [0.25, 0.3) is 0 Å². The van der Waals surface area contributed by atoms with Gasteiger partial charge in [-0.2, -0.15) is 5.10 Å². The van der Waals surface area contributed by atoms with Gasteiger partial charge in [-0.1, -0.05) is 36.8 Å². The van der Waals surface area contributed by atoms with Crippen LogP contribution in [-0.2, 0) is 10.0 Å². The van der Waals surface area contributed by atoms with Gasteiger partial charge >= 0.3 is 0 Å². The summed E-state index contributed by atoms with van der Waals surface area (Å²) >= 11 is 0. The minimum Gasteiger partial charge on any atom is -0.396 e. The fourth-order valence-electron chi connectivity index (χ4n) is 2.64. The van der Waals surface area contributed by atoms with Crippen LogP contribution in [0.2, 0.25) is 0 Å². The van der Waals surface area contributed by atoms with E-state index in [0.717, 1.165) is 22.5 Å². The first-order valence-electron chi connectivity index (χ1n) is 8.20. The molecule has 3 aromatic rings. The van der Waals surface area contributed by atoms with Crippen LogP contribution in [-0.4, -0.2) is 29.9 Å². The number of rotatable bonds is 5. The van der Waals surface area contributed by atoms with E-state index in [1.807, 2.05) is 44.2 Å². The van der Waals surface area contributed by atoms with Crippen LogP contribution in [0.25, 0.3) is 16.9 Å². The van der Waals surface area contributed by atoms with Crippen molar-refractivity contribution in [2.45, 2.75) is 24.7 Å². The molecule has 3 N–H and O–H groups in total. The number of aliphatic hydroxyl groups excluding tert-OH is 1. The Morgan fingerprint density at radius 3 is 2.27 bits per heavy atom. The number of primary sulfonamides is 1. The Labute approximate surface area is 153 Å². The lowest BCUT2D eigenvalue weighted by atomic mass is 10.1. The lowest BCUT2D eigenvalue weighted by molar-refractivity contribution is 0.270. The summed E-state index contributed by atoms with van der Waals surface area (Å²) in [4.78, 5) is 0.0502. The molecule has 1 heterocycles. The van der Waals surface area contributed by atoms with Crippen molar-refractivity contribution in [3.05, 3.63) is 65.9 Å². The first kappa shape index (κ1) is 18.3. The van der Waals surface area contributed by atoms with E-state index in [2.05, 4.69) is 5.10 Å². The van der Waals surface area contributed by atoms with Crippen molar-refractivity contribution in [3.8, 4) is 16.9 Å². The van der Waals surface area contributed by atoms with Gasteiger partial charge in [-0.15, -0.1) is 0 Å². The molecule has 0 aliphatic rings. The standard InChI is InChI=1S/C19H21N3O3S/c1-13-3-5-15(6-4-13)19-11-18(14(2)12-23)21-22(19)16-7-9-17(10-8-16)26(20,24)25/h3-11,14,23H,12H2,1-2H3,(H2,20,24,25). The molecule has 0 saturated carbocycles. The largest absolute Gasteiger partial charge is 0.396 e. The van der Waals surface area contributed by atoms with Crippen LogP contribution in [0.3, 0.4) is 0 Å². The predicted octanol–water partition coefficient (Wildman–Crippen LogP) is 2.59. The Kier molecular flexibility index (Phi) is 4.95. The Bertz CT molecular complexity index is 1010. The number of sulfonamides is 1. The second-order valence-electron chi connectivity index (χ2n) is 6.35. The molecular weight excluding hydrogens is 350 g/mol. The summed E-state index contributed by atoms with van der Waals surface area (Å²) < 4.78 is 24.7. The van der Waals surface area contributed by atoms with E-state index in [9.17, 15) is 13.5 Å². The molecule has 0 bridgehead atoms. The van der Waals surface area contributed by atoms with Gasteiger partial charge in [0.15, 0.2) is 0 Å². The van der Waals surface area contributed by atoms with Crippen molar-refractivity contribution in [3.63, 3.8) is 0 Å². The van der Waals surface area contributed by atoms with E-state index in [4.69, 9.17) is 5.14 Å². The van der Waals surface area contributed by atoms with Gasteiger partial charge in [0.1, 0.15) is 0 Å². The van der Waals surface area contributed by atoms with Gasteiger partial charge in [0.2, 0.25) is 10.0 Å². The summed E-state index contributed by atoms with van der Waals surface area (Å²) in [6.45, 7) is 3.91. The lowest BCUT2D eigenvalue weighted by Crippen LogP contribution is -2.12. The van der Waals surface area contributed by atoms with Crippen LogP contribution in [0.4, 0.5) is 0 Å². The third kappa shape index (κ3) is 3.70. The third-order valence-electron chi connectivity index (χ3n) is 4.26. The molecule has 0 spiro atoms. The highest BCUT2D eigenvalue weighted by atomic mass is 32.2. The average molecular weight is 371 g/mol. The van der Waals surface area contributed by atoms with Crippen LogP contribution in [0, 0.1) is 6.92 Å². The number of benzene rings is 2. The highest BCUT2D eigenvalue weighted by Crippen LogP contribution is 2.27. The van der Waals surface area contributed by atoms with Crippen molar-refractivity contribution >= 4 is 10.0 Å². The normalized spacial score (nSPS) is 12.9. The zero-order valence-corrected chi connectivity index (χ0v) is 15.4. The highest BCUT2D eigenvalue weighted by Gasteiger charge is 2.16. The monoisotopic (exact) mass is 371 g/mol. The van der Waals surface area contributed by atoms with Crippen molar-refractivity contribution in [1.82, 2.24) is 9.78 Å². The predicted molar refractivity (Wildman–Crippen MR) is 101 cm³/mol. The van der Waals surface area contributed by atoms with Gasteiger partial charge in [-0.3, -0.25) is 0 Å². The minimum absolute atomic E-state index is 0.00525. The molecule has 6 nitrogen and oxygen atoms in total. The van der Waals surface area contributed by atoms with Gasteiger partial charge in [0, 0.05) is 11.5 Å².